The Hall–Kier alpha value is -3.40. The minimum atomic E-state index is -4.47. The van der Waals surface area contributed by atoms with Gasteiger partial charge in [0.05, 0.1) is 11.3 Å². The van der Waals surface area contributed by atoms with Crippen LogP contribution in [0.5, 0.6) is 0 Å². The van der Waals surface area contributed by atoms with Gasteiger partial charge in [0.15, 0.2) is 0 Å². The fraction of sp³-hybridized carbons (Fsp3) is 0.318. The Kier molecular flexibility index (Phi) is 6.13. The number of nitrogens with one attached hydrogen (secondary N) is 2. The highest BCUT2D eigenvalue weighted by Gasteiger charge is 2.35. The SMILES string of the molecule is CNc1cc(-c2ccnc(Nc3ccc(N4CCN(C)CC4)c(C(F)(F)F)c3)n2)ccn1. The minimum Gasteiger partial charge on any atom is -0.373 e. The topological polar surface area (TPSA) is 69.2 Å². The van der Waals surface area contributed by atoms with Gasteiger partial charge in [-0.25, -0.2) is 15.0 Å². The second-order valence-electron chi connectivity index (χ2n) is 7.59. The Morgan fingerprint density at radius 2 is 1.69 bits per heavy atom. The van der Waals surface area contributed by atoms with Crippen molar-refractivity contribution in [2.75, 3.05) is 55.8 Å². The van der Waals surface area contributed by atoms with Gasteiger partial charge >= 0.3 is 6.18 Å². The number of likely N-dealkylation sites (N-methyl/N-ethyl adjacent to an activating group) is 1. The Labute approximate surface area is 184 Å². The number of nitrogens with zero attached hydrogens (tertiary/aromatic N) is 5. The first kappa shape index (κ1) is 21.8. The van der Waals surface area contributed by atoms with Crippen molar-refractivity contribution in [1.29, 1.82) is 0 Å². The second kappa shape index (κ2) is 8.99. The van der Waals surface area contributed by atoms with Crippen LogP contribution in [0.4, 0.5) is 36.3 Å². The zero-order valence-corrected chi connectivity index (χ0v) is 17.8. The molecule has 0 radical (unpaired) electrons. The molecule has 0 aliphatic carbocycles. The molecule has 1 aromatic carbocycles. The highest BCUT2D eigenvalue weighted by molar-refractivity contribution is 5.67. The molecule has 1 saturated heterocycles. The molecule has 0 saturated carbocycles. The summed E-state index contributed by atoms with van der Waals surface area (Å²) in [5, 5.41) is 5.88. The molecule has 1 aliphatic rings. The zero-order chi connectivity index (χ0) is 22.7. The number of anilines is 4. The lowest BCUT2D eigenvalue weighted by Gasteiger charge is -2.35. The first-order valence-electron chi connectivity index (χ1n) is 10.2. The summed E-state index contributed by atoms with van der Waals surface area (Å²) in [6.45, 7) is 2.56. The van der Waals surface area contributed by atoms with Gasteiger partial charge in [0.25, 0.3) is 0 Å². The van der Waals surface area contributed by atoms with Crippen LogP contribution in [0.25, 0.3) is 11.3 Å². The van der Waals surface area contributed by atoms with Gasteiger partial charge in [0.1, 0.15) is 5.82 Å². The number of halogens is 3. The molecule has 4 rings (SSSR count). The van der Waals surface area contributed by atoms with E-state index in [9.17, 15) is 13.2 Å². The van der Waals surface area contributed by atoms with Crippen molar-refractivity contribution in [3.63, 3.8) is 0 Å². The van der Waals surface area contributed by atoms with Gasteiger partial charge in [-0.1, -0.05) is 0 Å². The van der Waals surface area contributed by atoms with E-state index in [1.165, 1.54) is 6.07 Å². The largest absolute Gasteiger partial charge is 0.418 e. The van der Waals surface area contributed by atoms with Crippen LogP contribution in [-0.4, -0.2) is 60.1 Å². The summed E-state index contributed by atoms with van der Waals surface area (Å²) in [5.74, 6) is 0.899. The maximum absolute atomic E-state index is 13.8. The molecular weight excluding hydrogens is 419 g/mol. The lowest BCUT2D eigenvalue weighted by Crippen LogP contribution is -2.45. The molecule has 0 amide bonds. The third-order valence-electron chi connectivity index (χ3n) is 5.37. The van der Waals surface area contributed by atoms with Crippen LogP contribution >= 0.6 is 0 Å². The molecule has 32 heavy (non-hydrogen) atoms. The average Bonchev–Trinajstić information content (AvgIpc) is 2.79. The average molecular weight is 443 g/mol. The second-order valence-corrected chi connectivity index (χ2v) is 7.59. The normalized spacial score (nSPS) is 15.0. The van der Waals surface area contributed by atoms with E-state index in [0.29, 0.717) is 24.6 Å². The first-order chi connectivity index (χ1) is 15.3. The van der Waals surface area contributed by atoms with Crippen LogP contribution < -0.4 is 15.5 Å². The molecule has 1 aliphatic heterocycles. The number of rotatable bonds is 5. The number of piperazine rings is 1. The van der Waals surface area contributed by atoms with Crippen LogP contribution in [0.1, 0.15) is 5.56 Å². The molecule has 0 spiro atoms. The van der Waals surface area contributed by atoms with Gasteiger partial charge in [0.2, 0.25) is 5.95 Å². The summed E-state index contributed by atoms with van der Waals surface area (Å²) in [4.78, 5) is 16.7. The lowest BCUT2D eigenvalue weighted by atomic mass is 10.1. The van der Waals surface area contributed by atoms with Gasteiger partial charge in [-0.05, 0) is 43.4 Å². The number of aromatic nitrogens is 3. The zero-order valence-electron chi connectivity index (χ0n) is 17.8. The number of pyridine rings is 1. The van der Waals surface area contributed by atoms with Crippen LogP contribution in [0, 0.1) is 0 Å². The fourth-order valence-electron chi connectivity index (χ4n) is 3.60. The van der Waals surface area contributed by atoms with E-state index in [-0.39, 0.29) is 17.3 Å². The highest BCUT2D eigenvalue weighted by atomic mass is 19.4. The Bertz CT molecular complexity index is 1080. The van der Waals surface area contributed by atoms with Crippen molar-refractivity contribution < 1.29 is 13.2 Å². The van der Waals surface area contributed by atoms with E-state index in [1.807, 2.05) is 13.1 Å². The third kappa shape index (κ3) is 4.91. The van der Waals surface area contributed by atoms with E-state index in [1.54, 1.807) is 42.5 Å². The van der Waals surface area contributed by atoms with Gasteiger partial charge in [-0.15, -0.1) is 0 Å². The van der Waals surface area contributed by atoms with Crippen LogP contribution in [0.3, 0.4) is 0 Å². The van der Waals surface area contributed by atoms with Gasteiger partial charge < -0.3 is 20.4 Å². The third-order valence-corrected chi connectivity index (χ3v) is 5.37. The van der Waals surface area contributed by atoms with Crippen LogP contribution in [-0.2, 0) is 6.18 Å². The fourth-order valence-corrected chi connectivity index (χ4v) is 3.60. The van der Waals surface area contributed by atoms with Gasteiger partial charge in [0, 0.05) is 62.6 Å². The predicted octanol–water partition coefficient (Wildman–Crippen LogP) is 4.09. The van der Waals surface area contributed by atoms with Crippen molar-refractivity contribution in [3.05, 3.63) is 54.4 Å². The molecular formula is C22H24F3N7. The van der Waals surface area contributed by atoms with Crippen molar-refractivity contribution >= 4 is 23.1 Å². The first-order valence-corrected chi connectivity index (χ1v) is 10.2. The van der Waals surface area contributed by atoms with Gasteiger partial charge in [-0.3, -0.25) is 0 Å². The highest BCUT2D eigenvalue weighted by Crippen LogP contribution is 2.39. The molecule has 0 bridgehead atoms. The predicted molar refractivity (Wildman–Crippen MR) is 119 cm³/mol. The van der Waals surface area contributed by atoms with Crippen molar-refractivity contribution in [2.45, 2.75) is 6.18 Å². The molecule has 1 fully saturated rings. The molecule has 3 heterocycles. The maximum atomic E-state index is 13.8. The summed E-state index contributed by atoms with van der Waals surface area (Å²) in [7, 11) is 3.73. The monoisotopic (exact) mass is 443 g/mol. The maximum Gasteiger partial charge on any atom is 0.418 e. The van der Waals surface area contributed by atoms with Crippen LogP contribution in [0.2, 0.25) is 0 Å². The summed E-state index contributed by atoms with van der Waals surface area (Å²) < 4.78 is 41.5. The Morgan fingerprint density at radius 1 is 0.938 bits per heavy atom. The molecule has 0 unspecified atom stereocenters. The summed E-state index contributed by atoms with van der Waals surface area (Å²) in [6.07, 6.45) is -1.25. The standard InChI is InChI=1S/C22H24F3N7/c1-26-20-13-15(5-7-27-20)18-6-8-28-21(30-18)29-16-3-4-19(17(14-16)22(23,24)25)32-11-9-31(2)10-12-32/h3-8,13-14H,9-12H2,1-2H3,(H,26,27)(H,28,29,30). The van der Waals surface area contributed by atoms with E-state index in [4.69, 9.17) is 0 Å². The lowest BCUT2D eigenvalue weighted by molar-refractivity contribution is -0.137. The number of alkyl halides is 3. The quantitative estimate of drug-likeness (QED) is 0.616. The van der Waals surface area contributed by atoms with Crippen molar-refractivity contribution in [1.82, 2.24) is 19.9 Å². The van der Waals surface area contributed by atoms with Crippen molar-refractivity contribution in [2.24, 2.45) is 0 Å². The van der Waals surface area contributed by atoms with Gasteiger partial charge in [-0.2, -0.15) is 13.2 Å². The van der Waals surface area contributed by atoms with E-state index in [2.05, 4.69) is 30.5 Å². The summed E-state index contributed by atoms with van der Waals surface area (Å²) in [5.41, 5.74) is 1.25. The molecule has 10 heteroatoms. The summed E-state index contributed by atoms with van der Waals surface area (Å²) in [6, 6.07) is 9.64. The number of hydrogen-bond acceptors (Lipinski definition) is 7. The number of benzene rings is 1. The van der Waals surface area contributed by atoms with E-state index < -0.39 is 11.7 Å². The van der Waals surface area contributed by atoms with E-state index in [0.717, 1.165) is 24.7 Å². The Balaban J connectivity index is 1.61. The van der Waals surface area contributed by atoms with Crippen molar-refractivity contribution in [3.8, 4) is 11.3 Å². The number of hydrogen-bond donors (Lipinski definition) is 2. The van der Waals surface area contributed by atoms with Crippen LogP contribution in [0.15, 0.2) is 48.8 Å². The molecule has 7 nitrogen and oxygen atoms in total. The molecule has 3 aromatic rings. The smallest absolute Gasteiger partial charge is 0.373 e. The molecule has 2 N–H and O–H groups in total. The molecule has 2 aromatic heterocycles. The minimum absolute atomic E-state index is 0.196. The summed E-state index contributed by atoms with van der Waals surface area (Å²) >= 11 is 0. The van der Waals surface area contributed by atoms with E-state index >= 15 is 0 Å². The molecule has 168 valence electrons. The Morgan fingerprint density at radius 3 is 2.41 bits per heavy atom. The molecule has 0 atom stereocenters.